The number of benzene rings is 1. The van der Waals surface area contributed by atoms with Crippen molar-refractivity contribution in [1.29, 1.82) is 0 Å². The molecule has 4 nitrogen and oxygen atoms in total. The van der Waals surface area contributed by atoms with E-state index in [9.17, 15) is 18.0 Å². The molecule has 1 aliphatic heterocycles. The Hall–Kier alpha value is -2.67. The minimum Gasteiger partial charge on any atom is -0.371 e. The molecule has 1 aliphatic rings. The number of hydrogen-bond donors (Lipinski definition) is 0. The second-order valence-electron chi connectivity index (χ2n) is 6.38. The minimum atomic E-state index is -4.39. The predicted octanol–water partition coefficient (Wildman–Crippen LogP) is 3.80. The Kier molecular flexibility index (Phi) is 5.60. The Balaban J connectivity index is 1.75. The number of amides is 1. The zero-order valence-electron chi connectivity index (χ0n) is 14.5. The van der Waals surface area contributed by atoms with Gasteiger partial charge in [0.25, 0.3) is 0 Å². The lowest BCUT2D eigenvalue weighted by Gasteiger charge is -2.19. The van der Waals surface area contributed by atoms with Crippen molar-refractivity contribution in [2.75, 3.05) is 13.1 Å². The summed E-state index contributed by atoms with van der Waals surface area (Å²) in [5.74, 6) is -0.276. The van der Waals surface area contributed by atoms with Crippen molar-refractivity contribution in [3.63, 3.8) is 0 Å². The number of aromatic nitrogens is 1. The monoisotopic (exact) mass is 376 g/mol. The van der Waals surface area contributed by atoms with Gasteiger partial charge in [0, 0.05) is 31.4 Å². The van der Waals surface area contributed by atoms with Gasteiger partial charge in [-0.15, -0.1) is 0 Å². The number of alkyl halides is 3. The molecule has 0 unspecified atom stereocenters. The summed E-state index contributed by atoms with van der Waals surface area (Å²) in [5, 5.41) is 0. The topological polar surface area (TPSA) is 42.4 Å². The van der Waals surface area contributed by atoms with Crippen LogP contribution in [0.15, 0.2) is 61.4 Å². The summed E-state index contributed by atoms with van der Waals surface area (Å²) in [5.41, 5.74) is 0.703. The number of carbonyl (C=O) groups is 1. The van der Waals surface area contributed by atoms with Gasteiger partial charge in [-0.1, -0.05) is 18.7 Å². The number of likely N-dealkylation sites (tertiary alicyclic amines) is 1. The van der Waals surface area contributed by atoms with Crippen molar-refractivity contribution in [3.05, 3.63) is 78.1 Å². The molecule has 7 heteroatoms. The van der Waals surface area contributed by atoms with Gasteiger partial charge in [-0.25, -0.2) is 0 Å². The Bertz CT molecular complexity index is 808. The zero-order chi connectivity index (χ0) is 19.4. The van der Waals surface area contributed by atoms with E-state index in [0.717, 1.165) is 17.7 Å². The predicted molar refractivity (Wildman–Crippen MR) is 93.8 cm³/mol. The van der Waals surface area contributed by atoms with E-state index >= 15 is 0 Å². The average Bonchev–Trinajstić information content (AvgIpc) is 3.10. The van der Waals surface area contributed by atoms with Gasteiger partial charge in [-0.2, -0.15) is 13.2 Å². The van der Waals surface area contributed by atoms with Gasteiger partial charge in [0.05, 0.1) is 18.3 Å². The molecule has 0 bridgehead atoms. The molecule has 2 atom stereocenters. The second-order valence-corrected chi connectivity index (χ2v) is 6.38. The van der Waals surface area contributed by atoms with E-state index in [4.69, 9.17) is 4.74 Å². The lowest BCUT2D eigenvalue weighted by atomic mass is 9.97. The van der Waals surface area contributed by atoms with Crippen LogP contribution < -0.4 is 0 Å². The molecule has 0 saturated carbocycles. The molecule has 1 amide bonds. The number of nitrogens with zero attached hydrogens (tertiary/aromatic N) is 2. The number of carbonyl (C=O) groups excluding carboxylic acids is 1. The fraction of sp³-hybridized carbons (Fsp3) is 0.300. The number of ether oxygens (including phenoxy) is 1. The molecule has 0 aliphatic carbocycles. The van der Waals surface area contributed by atoms with Gasteiger partial charge in [-0.05, 0) is 41.5 Å². The van der Waals surface area contributed by atoms with Gasteiger partial charge >= 0.3 is 6.18 Å². The van der Waals surface area contributed by atoms with E-state index in [1.807, 2.05) is 12.1 Å². The van der Waals surface area contributed by atoms with Gasteiger partial charge in [0.15, 0.2) is 0 Å². The molecule has 2 aromatic rings. The number of halogens is 3. The first kappa shape index (κ1) is 19.1. The van der Waals surface area contributed by atoms with Crippen LogP contribution in [-0.4, -0.2) is 35.0 Å². The zero-order valence-corrected chi connectivity index (χ0v) is 14.5. The Labute approximate surface area is 155 Å². The molecular weight excluding hydrogens is 357 g/mol. The van der Waals surface area contributed by atoms with E-state index in [0.29, 0.717) is 18.7 Å². The van der Waals surface area contributed by atoms with Crippen molar-refractivity contribution < 1.29 is 22.7 Å². The first-order chi connectivity index (χ1) is 12.9. The van der Waals surface area contributed by atoms with E-state index < -0.39 is 11.7 Å². The van der Waals surface area contributed by atoms with Crippen LogP contribution in [0.2, 0.25) is 0 Å². The summed E-state index contributed by atoms with van der Waals surface area (Å²) >= 11 is 0. The van der Waals surface area contributed by atoms with Gasteiger partial charge in [0.1, 0.15) is 0 Å². The summed E-state index contributed by atoms with van der Waals surface area (Å²) in [6.45, 7) is 4.36. The molecule has 0 N–H and O–H groups in total. The van der Waals surface area contributed by atoms with Crippen LogP contribution in [0.3, 0.4) is 0 Å². The molecule has 1 aromatic heterocycles. The highest BCUT2D eigenvalue weighted by Crippen LogP contribution is 2.32. The van der Waals surface area contributed by atoms with E-state index in [1.54, 1.807) is 23.4 Å². The maximum absolute atomic E-state index is 12.9. The normalized spacial score (nSPS) is 19.9. The maximum atomic E-state index is 12.9. The molecule has 2 heterocycles. The second kappa shape index (κ2) is 7.92. The molecular formula is C20H19F3N2O2. The summed E-state index contributed by atoms with van der Waals surface area (Å²) in [6, 6.07) is 8.79. The van der Waals surface area contributed by atoms with Gasteiger partial charge in [-0.3, -0.25) is 9.78 Å². The van der Waals surface area contributed by atoms with E-state index in [1.165, 1.54) is 12.1 Å². The molecule has 142 valence electrons. The summed E-state index contributed by atoms with van der Waals surface area (Å²) in [6.07, 6.45) is -0.144. The SMILES string of the molecule is C=CC(=O)N1C[C@@H](OCc2cccc(C(F)(F)F)c2)[C@H](c2ccncc2)C1. The van der Waals surface area contributed by atoms with Crippen LogP contribution in [0.4, 0.5) is 13.2 Å². The first-order valence-corrected chi connectivity index (χ1v) is 8.47. The van der Waals surface area contributed by atoms with Gasteiger partial charge < -0.3 is 9.64 Å². The van der Waals surface area contributed by atoms with Crippen LogP contribution in [0.25, 0.3) is 0 Å². The van der Waals surface area contributed by atoms with Crippen molar-refractivity contribution >= 4 is 5.91 Å². The lowest BCUT2D eigenvalue weighted by Crippen LogP contribution is -2.28. The van der Waals surface area contributed by atoms with E-state index in [2.05, 4.69) is 11.6 Å². The van der Waals surface area contributed by atoms with Crippen LogP contribution in [0, 0.1) is 0 Å². The number of pyridine rings is 1. The maximum Gasteiger partial charge on any atom is 0.416 e. The minimum absolute atomic E-state index is 0.0340. The molecule has 1 saturated heterocycles. The fourth-order valence-corrected chi connectivity index (χ4v) is 3.22. The van der Waals surface area contributed by atoms with Crippen molar-refractivity contribution in [2.45, 2.75) is 24.8 Å². The van der Waals surface area contributed by atoms with Crippen LogP contribution in [0.5, 0.6) is 0 Å². The van der Waals surface area contributed by atoms with Crippen molar-refractivity contribution in [1.82, 2.24) is 9.88 Å². The summed E-state index contributed by atoms with van der Waals surface area (Å²) in [7, 11) is 0. The number of rotatable bonds is 5. The first-order valence-electron chi connectivity index (χ1n) is 8.47. The Morgan fingerprint density at radius 2 is 2.00 bits per heavy atom. The van der Waals surface area contributed by atoms with Crippen LogP contribution in [-0.2, 0) is 22.3 Å². The van der Waals surface area contributed by atoms with Crippen LogP contribution in [0.1, 0.15) is 22.6 Å². The number of hydrogen-bond acceptors (Lipinski definition) is 3. The van der Waals surface area contributed by atoms with E-state index in [-0.39, 0.29) is 24.5 Å². The fourth-order valence-electron chi connectivity index (χ4n) is 3.22. The summed E-state index contributed by atoms with van der Waals surface area (Å²) in [4.78, 5) is 17.6. The smallest absolute Gasteiger partial charge is 0.371 e. The highest BCUT2D eigenvalue weighted by atomic mass is 19.4. The highest BCUT2D eigenvalue weighted by molar-refractivity contribution is 5.87. The Morgan fingerprint density at radius 1 is 1.26 bits per heavy atom. The van der Waals surface area contributed by atoms with Gasteiger partial charge in [0.2, 0.25) is 5.91 Å². The third-order valence-corrected chi connectivity index (χ3v) is 4.61. The molecule has 1 fully saturated rings. The molecule has 3 rings (SSSR count). The summed E-state index contributed by atoms with van der Waals surface area (Å²) < 4.78 is 44.5. The molecule has 0 radical (unpaired) electrons. The van der Waals surface area contributed by atoms with Crippen molar-refractivity contribution in [2.24, 2.45) is 0 Å². The highest BCUT2D eigenvalue weighted by Gasteiger charge is 2.36. The third-order valence-electron chi connectivity index (χ3n) is 4.61. The Morgan fingerprint density at radius 3 is 2.67 bits per heavy atom. The quantitative estimate of drug-likeness (QED) is 0.746. The molecule has 0 spiro atoms. The third kappa shape index (κ3) is 4.54. The molecule has 27 heavy (non-hydrogen) atoms. The molecule has 1 aromatic carbocycles. The standard InChI is InChI=1S/C20H19F3N2O2/c1-2-19(26)25-11-17(15-6-8-24-9-7-15)18(12-25)27-13-14-4-3-5-16(10-14)20(21,22)23/h2-10,17-18H,1,11-13H2/t17-,18+/m0/s1. The largest absolute Gasteiger partial charge is 0.416 e. The lowest BCUT2D eigenvalue weighted by molar-refractivity contribution is -0.137. The van der Waals surface area contributed by atoms with Crippen LogP contribution >= 0.6 is 0 Å². The van der Waals surface area contributed by atoms with Crippen molar-refractivity contribution in [3.8, 4) is 0 Å². The average molecular weight is 376 g/mol.